The lowest BCUT2D eigenvalue weighted by Gasteiger charge is -2.42. The molecule has 0 bridgehead atoms. The largest absolute Gasteiger partial charge is 0.389 e. The van der Waals surface area contributed by atoms with Gasteiger partial charge in [-0.15, -0.1) is 0 Å². The standard InChI is InChI=1S/C27H36N6O/c1-15(2)23-24(20-12-33-26(28-14-29-33)17(4)16(20)3)31-22-9-8-21(30-25(22)23)18-10-19(11-18)32(7)13-27(5,6)34/h8-9,12,14-15,18-19,31,34H,10-11,13H2,1-7H3. The van der Waals surface area contributed by atoms with Crippen LogP contribution < -0.4 is 0 Å². The molecule has 0 radical (unpaired) electrons. The smallest absolute Gasteiger partial charge is 0.158 e. The van der Waals surface area contributed by atoms with Crippen LogP contribution >= 0.6 is 0 Å². The van der Waals surface area contributed by atoms with E-state index in [2.05, 4.69) is 73.0 Å². The van der Waals surface area contributed by atoms with Crippen molar-refractivity contribution in [3.63, 3.8) is 0 Å². The molecule has 0 aromatic carbocycles. The number of aliphatic hydroxyl groups is 1. The summed E-state index contributed by atoms with van der Waals surface area (Å²) in [5.74, 6) is 0.789. The highest BCUT2D eigenvalue weighted by Gasteiger charge is 2.35. The first-order chi connectivity index (χ1) is 16.0. The third-order valence-electron chi connectivity index (χ3n) is 7.47. The summed E-state index contributed by atoms with van der Waals surface area (Å²) in [4.78, 5) is 15.6. The summed E-state index contributed by atoms with van der Waals surface area (Å²) in [6.45, 7) is 13.2. The average molecular weight is 461 g/mol. The fourth-order valence-electron chi connectivity index (χ4n) is 5.49. The van der Waals surface area contributed by atoms with Gasteiger partial charge in [-0.3, -0.25) is 4.98 Å². The number of hydrogen-bond acceptors (Lipinski definition) is 5. The number of hydrogen-bond donors (Lipinski definition) is 2. The molecule has 0 spiro atoms. The van der Waals surface area contributed by atoms with Crippen molar-refractivity contribution in [3.05, 3.63) is 47.0 Å². The molecule has 4 heterocycles. The average Bonchev–Trinajstić information content (AvgIpc) is 3.32. The molecule has 1 saturated carbocycles. The maximum atomic E-state index is 10.2. The minimum absolute atomic E-state index is 0.324. The lowest BCUT2D eigenvalue weighted by atomic mass is 9.77. The molecule has 1 aliphatic carbocycles. The van der Waals surface area contributed by atoms with Gasteiger partial charge in [0.15, 0.2) is 5.65 Å². The van der Waals surface area contributed by atoms with E-state index in [1.165, 1.54) is 16.8 Å². The lowest BCUT2D eigenvalue weighted by molar-refractivity contribution is 0.0130. The second-order valence-electron chi connectivity index (χ2n) is 11.1. The molecule has 4 aromatic rings. The number of H-pyrrole nitrogens is 1. The van der Waals surface area contributed by atoms with Crippen molar-refractivity contribution in [1.29, 1.82) is 0 Å². The van der Waals surface area contributed by atoms with E-state index in [9.17, 15) is 5.11 Å². The molecule has 5 rings (SSSR count). The van der Waals surface area contributed by atoms with Crippen LogP contribution in [0.1, 0.15) is 74.8 Å². The molecule has 0 saturated heterocycles. The van der Waals surface area contributed by atoms with E-state index in [0.29, 0.717) is 24.4 Å². The van der Waals surface area contributed by atoms with Gasteiger partial charge in [0.25, 0.3) is 0 Å². The quantitative estimate of drug-likeness (QED) is 0.425. The molecule has 7 nitrogen and oxygen atoms in total. The molecule has 0 atom stereocenters. The Bertz CT molecular complexity index is 1350. The second kappa shape index (κ2) is 8.17. The van der Waals surface area contributed by atoms with E-state index in [-0.39, 0.29) is 0 Å². The van der Waals surface area contributed by atoms with Crippen LogP contribution in [0.2, 0.25) is 0 Å². The van der Waals surface area contributed by atoms with Gasteiger partial charge in [-0.05, 0) is 76.8 Å². The maximum absolute atomic E-state index is 10.2. The summed E-state index contributed by atoms with van der Waals surface area (Å²) >= 11 is 0. The summed E-state index contributed by atoms with van der Waals surface area (Å²) in [6.07, 6.45) is 5.86. The monoisotopic (exact) mass is 460 g/mol. The Morgan fingerprint density at radius 1 is 1.21 bits per heavy atom. The third-order valence-corrected chi connectivity index (χ3v) is 7.47. The summed E-state index contributed by atoms with van der Waals surface area (Å²) in [5.41, 5.74) is 9.45. The van der Waals surface area contributed by atoms with E-state index in [1.807, 2.05) is 18.4 Å². The van der Waals surface area contributed by atoms with Crippen LogP contribution in [0.15, 0.2) is 24.7 Å². The van der Waals surface area contributed by atoms with Gasteiger partial charge >= 0.3 is 0 Å². The van der Waals surface area contributed by atoms with E-state index in [0.717, 1.165) is 46.3 Å². The van der Waals surface area contributed by atoms with Crippen molar-refractivity contribution in [1.82, 2.24) is 29.5 Å². The Morgan fingerprint density at radius 3 is 2.62 bits per heavy atom. The zero-order valence-electron chi connectivity index (χ0n) is 21.3. The van der Waals surface area contributed by atoms with Crippen molar-refractivity contribution >= 4 is 16.7 Å². The van der Waals surface area contributed by atoms with Gasteiger partial charge in [-0.25, -0.2) is 9.50 Å². The Balaban J connectivity index is 1.50. The summed E-state index contributed by atoms with van der Waals surface area (Å²) in [5, 5.41) is 14.5. The van der Waals surface area contributed by atoms with Crippen LogP contribution in [-0.4, -0.2) is 59.8 Å². The molecule has 1 aliphatic rings. The number of aromatic amines is 1. The normalized spacial score (nSPS) is 19.0. The first-order valence-electron chi connectivity index (χ1n) is 12.3. The number of nitrogens with zero attached hydrogens (tertiary/aromatic N) is 5. The highest BCUT2D eigenvalue weighted by atomic mass is 16.3. The zero-order chi connectivity index (χ0) is 24.4. The summed E-state index contributed by atoms with van der Waals surface area (Å²) in [6, 6.07) is 4.87. The molecule has 0 aliphatic heterocycles. The minimum atomic E-state index is -0.670. The van der Waals surface area contributed by atoms with Gasteiger partial charge in [0.2, 0.25) is 0 Å². The Labute approximate surface area is 201 Å². The number of fused-ring (bicyclic) bond motifs is 2. The molecule has 2 N–H and O–H groups in total. The Morgan fingerprint density at radius 2 is 1.94 bits per heavy atom. The summed E-state index contributed by atoms with van der Waals surface area (Å²) < 4.78 is 1.87. The highest BCUT2D eigenvalue weighted by Crippen LogP contribution is 2.42. The van der Waals surface area contributed by atoms with Crippen LogP contribution in [0.5, 0.6) is 0 Å². The van der Waals surface area contributed by atoms with Crippen LogP contribution in [0.25, 0.3) is 27.9 Å². The fourth-order valence-corrected chi connectivity index (χ4v) is 5.49. The van der Waals surface area contributed by atoms with E-state index >= 15 is 0 Å². The summed E-state index contributed by atoms with van der Waals surface area (Å²) in [7, 11) is 2.11. The first kappa shape index (κ1) is 23.0. The molecule has 7 heteroatoms. The maximum Gasteiger partial charge on any atom is 0.158 e. The number of nitrogens with one attached hydrogen (secondary N) is 1. The molecule has 0 unspecified atom stereocenters. The molecule has 1 fully saturated rings. The zero-order valence-corrected chi connectivity index (χ0v) is 21.3. The minimum Gasteiger partial charge on any atom is -0.389 e. The lowest BCUT2D eigenvalue weighted by Crippen LogP contribution is -2.47. The van der Waals surface area contributed by atoms with E-state index < -0.39 is 5.60 Å². The molecular formula is C27H36N6O. The molecule has 4 aromatic heterocycles. The number of rotatable bonds is 6. The predicted molar refractivity (Wildman–Crippen MR) is 136 cm³/mol. The second-order valence-corrected chi connectivity index (χ2v) is 11.1. The van der Waals surface area contributed by atoms with Crippen LogP contribution in [0.4, 0.5) is 0 Å². The van der Waals surface area contributed by atoms with Crippen LogP contribution in [-0.2, 0) is 0 Å². The van der Waals surface area contributed by atoms with Gasteiger partial charge in [-0.1, -0.05) is 13.8 Å². The van der Waals surface area contributed by atoms with E-state index in [4.69, 9.17) is 4.98 Å². The fraction of sp³-hybridized carbons (Fsp3) is 0.519. The molecular weight excluding hydrogens is 424 g/mol. The van der Waals surface area contributed by atoms with Gasteiger partial charge in [0.1, 0.15) is 6.33 Å². The van der Waals surface area contributed by atoms with Crippen molar-refractivity contribution < 1.29 is 5.11 Å². The number of pyridine rings is 2. The molecule has 34 heavy (non-hydrogen) atoms. The number of aryl methyl sites for hydroxylation is 1. The van der Waals surface area contributed by atoms with Crippen molar-refractivity contribution in [2.45, 2.75) is 77.9 Å². The molecule has 0 amide bonds. The van der Waals surface area contributed by atoms with Crippen molar-refractivity contribution in [3.8, 4) is 11.3 Å². The van der Waals surface area contributed by atoms with Crippen molar-refractivity contribution in [2.75, 3.05) is 13.6 Å². The predicted octanol–water partition coefficient (Wildman–Crippen LogP) is 4.96. The number of likely N-dealkylation sites (N-methyl/N-ethyl adjacent to an activating group) is 1. The third kappa shape index (κ3) is 3.91. The van der Waals surface area contributed by atoms with E-state index in [1.54, 1.807) is 6.33 Å². The SMILES string of the molecule is Cc1c(-c2[nH]c3ccc(C4CC(N(C)CC(C)(C)O)C4)nc3c2C(C)C)cn2ncnc2c1C. The van der Waals surface area contributed by atoms with Crippen LogP contribution in [0.3, 0.4) is 0 Å². The van der Waals surface area contributed by atoms with Crippen molar-refractivity contribution in [2.24, 2.45) is 0 Å². The highest BCUT2D eigenvalue weighted by molar-refractivity contribution is 5.89. The number of aromatic nitrogens is 5. The van der Waals surface area contributed by atoms with Gasteiger partial charge in [0, 0.05) is 41.5 Å². The topological polar surface area (TPSA) is 82.3 Å². The van der Waals surface area contributed by atoms with Gasteiger partial charge in [0.05, 0.1) is 22.3 Å². The first-order valence-corrected chi connectivity index (χ1v) is 12.3. The van der Waals surface area contributed by atoms with Gasteiger partial charge < -0.3 is 15.0 Å². The van der Waals surface area contributed by atoms with Gasteiger partial charge in [-0.2, -0.15) is 5.10 Å². The Hall–Kier alpha value is -2.77. The Kier molecular flexibility index (Phi) is 5.52. The molecule has 180 valence electrons. The van der Waals surface area contributed by atoms with Crippen LogP contribution in [0, 0.1) is 13.8 Å².